The first-order valence-electron chi connectivity index (χ1n) is 8.69. The summed E-state index contributed by atoms with van der Waals surface area (Å²) >= 11 is 0. The maximum atomic E-state index is 12.5. The van der Waals surface area contributed by atoms with Crippen LogP contribution in [0.25, 0.3) is 5.82 Å². The number of anilines is 1. The third kappa shape index (κ3) is 3.56. The normalized spacial score (nSPS) is 16.6. The minimum Gasteiger partial charge on any atom is -0.371 e. The maximum absolute atomic E-state index is 12.5. The molecule has 4 rings (SSSR count). The molecule has 3 heterocycles. The molecule has 0 aliphatic carbocycles. The van der Waals surface area contributed by atoms with Crippen molar-refractivity contribution in [2.75, 3.05) is 24.5 Å². The van der Waals surface area contributed by atoms with E-state index in [2.05, 4.69) is 49.5 Å². The summed E-state index contributed by atoms with van der Waals surface area (Å²) in [6.07, 6.45) is 5.68. The van der Waals surface area contributed by atoms with Gasteiger partial charge in [0.15, 0.2) is 5.82 Å². The van der Waals surface area contributed by atoms with Crippen LogP contribution in [0.5, 0.6) is 0 Å². The predicted molar refractivity (Wildman–Crippen MR) is 98.2 cm³/mol. The molecule has 0 spiro atoms. The van der Waals surface area contributed by atoms with Crippen LogP contribution < -0.4 is 10.2 Å². The molecule has 0 bridgehead atoms. The first-order chi connectivity index (χ1) is 12.8. The molecule has 7 nitrogen and oxygen atoms in total. The second-order valence-corrected chi connectivity index (χ2v) is 6.39. The molecule has 1 unspecified atom stereocenters. The second kappa shape index (κ2) is 7.35. The molecule has 1 amide bonds. The van der Waals surface area contributed by atoms with Gasteiger partial charge in [-0.25, -0.2) is 14.6 Å². The van der Waals surface area contributed by atoms with Crippen LogP contribution in [0, 0.1) is 5.92 Å². The molecule has 0 radical (unpaired) electrons. The molecular weight excluding hydrogens is 328 g/mol. The van der Waals surface area contributed by atoms with E-state index in [9.17, 15) is 4.79 Å². The minimum atomic E-state index is -0.0908. The van der Waals surface area contributed by atoms with Gasteiger partial charge in [0.1, 0.15) is 12.7 Å². The molecule has 7 heteroatoms. The lowest BCUT2D eigenvalue weighted by atomic mass is 10.1. The van der Waals surface area contributed by atoms with Gasteiger partial charge in [-0.1, -0.05) is 18.2 Å². The van der Waals surface area contributed by atoms with Gasteiger partial charge in [-0.15, -0.1) is 0 Å². The number of pyridine rings is 1. The van der Waals surface area contributed by atoms with Crippen molar-refractivity contribution < 1.29 is 4.79 Å². The molecule has 132 valence electrons. The van der Waals surface area contributed by atoms with Gasteiger partial charge in [0, 0.05) is 37.1 Å². The second-order valence-electron chi connectivity index (χ2n) is 6.39. The van der Waals surface area contributed by atoms with Gasteiger partial charge < -0.3 is 10.2 Å². The van der Waals surface area contributed by atoms with E-state index in [1.165, 1.54) is 16.7 Å². The Hall–Kier alpha value is -3.22. The van der Waals surface area contributed by atoms with Crippen molar-refractivity contribution in [3.05, 3.63) is 66.9 Å². The summed E-state index contributed by atoms with van der Waals surface area (Å²) in [5.41, 5.74) is 1.82. The van der Waals surface area contributed by atoms with Crippen LogP contribution in [0.15, 0.2) is 61.3 Å². The van der Waals surface area contributed by atoms with Crippen molar-refractivity contribution in [3.63, 3.8) is 0 Å². The molecule has 1 aliphatic heterocycles. The van der Waals surface area contributed by atoms with Gasteiger partial charge in [-0.05, 0) is 36.6 Å². The Kier molecular flexibility index (Phi) is 4.59. The van der Waals surface area contributed by atoms with Gasteiger partial charge in [0.05, 0.1) is 0 Å². The number of hydrogen-bond donors (Lipinski definition) is 1. The molecule has 1 aliphatic rings. The summed E-state index contributed by atoms with van der Waals surface area (Å²) in [4.78, 5) is 23.0. The molecule has 1 atom stereocenters. The summed E-state index contributed by atoms with van der Waals surface area (Å²) < 4.78 is 1.53. The molecule has 1 N–H and O–H groups in total. The fourth-order valence-electron chi connectivity index (χ4n) is 3.22. The number of rotatable bonds is 5. The lowest BCUT2D eigenvalue weighted by Crippen LogP contribution is -2.31. The zero-order chi connectivity index (χ0) is 17.8. The van der Waals surface area contributed by atoms with Crippen LogP contribution in [0.2, 0.25) is 0 Å². The van der Waals surface area contributed by atoms with Gasteiger partial charge in [0.2, 0.25) is 0 Å². The maximum Gasteiger partial charge on any atom is 0.251 e. The average molecular weight is 348 g/mol. The highest BCUT2D eigenvalue weighted by atomic mass is 16.1. The molecule has 1 saturated heterocycles. The fraction of sp³-hybridized carbons (Fsp3) is 0.263. The van der Waals surface area contributed by atoms with Crippen molar-refractivity contribution in [1.82, 2.24) is 25.1 Å². The quantitative estimate of drug-likeness (QED) is 0.762. The Morgan fingerprint density at radius 1 is 1.23 bits per heavy atom. The monoisotopic (exact) mass is 348 g/mol. The molecule has 1 fully saturated rings. The smallest absolute Gasteiger partial charge is 0.251 e. The summed E-state index contributed by atoms with van der Waals surface area (Å²) in [7, 11) is 0. The number of nitrogens with one attached hydrogen (secondary N) is 1. The largest absolute Gasteiger partial charge is 0.371 e. The van der Waals surface area contributed by atoms with Gasteiger partial charge >= 0.3 is 0 Å². The number of para-hydroxylation sites is 1. The zero-order valence-corrected chi connectivity index (χ0v) is 14.3. The molecular formula is C19H20N6O. The Morgan fingerprint density at radius 3 is 2.92 bits per heavy atom. The van der Waals surface area contributed by atoms with E-state index in [-0.39, 0.29) is 5.91 Å². The Balaban J connectivity index is 1.34. The first-order valence-corrected chi connectivity index (χ1v) is 8.69. The van der Waals surface area contributed by atoms with Gasteiger partial charge in [-0.2, -0.15) is 5.10 Å². The van der Waals surface area contributed by atoms with Crippen LogP contribution in [0.4, 0.5) is 5.69 Å². The van der Waals surface area contributed by atoms with E-state index < -0.39 is 0 Å². The van der Waals surface area contributed by atoms with E-state index in [1.54, 1.807) is 24.7 Å². The van der Waals surface area contributed by atoms with Crippen molar-refractivity contribution in [2.24, 2.45) is 5.92 Å². The SMILES string of the molecule is O=C(NCC1CCN(c2ccccc2)C1)c1ccnc(-n2cncn2)c1. The van der Waals surface area contributed by atoms with Crippen molar-refractivity contribution >= 4 is 11.6 Å². The summed E-state index contributed by atoms with van der Waals surface area (Å²) in [5.74, 6) is 0.939. The van der Waals surface area contributed by atoms with Crippen molar-refractivity contribution in [1.29, 1.82) is 0 Å². The highest BCUT2D eigenvalue weighted by Gasteiger charge is 2.23. The number of benzene rings is 1. The Morgan fingerprint density at radius 2 is 2.12 bits per heavy atom. The van der Waals surface area contributed by atoms with E-state index in [1.807, 2.05) is 6.07 Å². The van der Waals surface area contributed by atoms with E-state index in [4.69, 9.17) is 0 Å². The standard InChI is InChI=1S/C19H20N6O/c26-19(16-6-8-21-18(10-16)25-14-20-13-23-25)22-11-15-7-9-24(12-15)17-4-2-1-3-5-17/h1-6,8,10,13-15H,7,9,11-12H2,(H,22,26). The van der Waals surface area contributed by atoms with Gasteiger partial charge in [0.25, 0.3) is 5.91 Å². The van der Waals surface area contributed by atoms with Crippen LogP contribution in [0.1, 0.15) is 16.8 Å². The third-order valence-corrected chi connectivity index (χ3v) is 4.62. The van der Waals surface area contributed by atoms with Crippen LogP contribution in [-0.4, -0.2) is 45.3 Å². The Labute approximate surface area is 151 Å². The zero-order valence-electron chi connectivity index (χ0n) is 14.3. The van der Waals surface area contributed by atoms with E-state index >= 15 is 0 Å². The molecule has 3 aromatic rings. The summed E-state index contributed by atoms with van der Waals surface area (Å²) in [6.45, 7) is 2.66. The number of nitrogens with zero attached hydrogens (tertiary/aromatic N) is 5. The predicted octanol–water partition coefficient (Wildman–Crippen LogP) is 1.92. The minimum absolute atomic E-state index is 0.0908. The van der Waals surface area contributed by atoms with Crippen molar-refractivity contribution in [2.45, 2.75) is 6.42 Å². The van der Waals surface area contributed by atoms with Crippen molar-refractivity contribution in [3.8, 4) is 5.82 Å². The molecule has 1 aromatic carbocycles. The number of carbonyl (C=O) groups excluding carboxylic acids is 1. The van der Waals surface area contributed by atoms with Gasteiger partial charge in [-0.3, -0.25) is 4.79 Å². The van der Waals surface area contributed by atoms with Crippen LogP contribution >= 0.6 is 0 Å². The fourth-order valence-corrected chi connectivity index (χ4v) is 3.22. The number of aromatic nitrogens is 4. The number of hydrogen-bond acceptors (Lipinski definition) is 5. The molecule has 2 aromatic heterocycles. The highest BCUT2D eigenvalue weighted by molar-refractivity contribution is 5.94. The number of amides is 1. The topological polar surface area (TPSA) is 75.9 Å². The lowest BCUT2D eigenvalue weighted by molar-refractivity contribution is 0.0948. The molecule has 26 heavy (non-hydrogen) atoms. The Bertz CT molecular complexity index is 865. The van der Waals surface area contributed by atoms with E-state index in [0.717, 1.165) is 19.5 Å². The summed E-state index contributed by atoms with van der Waals surface area (Å²) in [5, 5.41) is 7.09. The first kappa shape index (κ1) is 16.3. The highest BCUT2D eigenvalue weighted by Crippen LogP contribution is 2.23. The average Bonchev–Trinajstić information content (AvgIpc) is 3.39. The third-order valence-electron chi connectivity index (χ3n) is 4.62. The molecule has 0 saturated carbocycles. The van der Waals surface area contributed by atoms with E-state index in [0.29, 0.717) is 23.8 Å². The summed E-state index contributed by atoms with van der Waals surface area (Å²) in [6, 6.07) is 13.8. The lowest BCUT2D eigenvalue weighted by Gasteiger charge is -2.18. The van der Waals surface area contributed by atoms with Crippen LogP contribution in [0.3, 0.4) is 0 Å². The van der Waals surface area contributed by atoms with Crippen LogP contribution in [-0.2, 0) is 0 Å². The number of carbonyl (C=O) groups is 1.